The molecule has 1 heterocycles. The smallest absolute Gasteiger partial charge is 0.169 e. The molecule has 1 aromatic rings. The maximum absolute atomic E-state index is 9.36. The van der Waals surface area contributed by atoms with Crippen molar-refractivity contribution in [3.05, 3.63) is 30.1 Å². The molecule has 0 bridgehead atoms. The summed E-state index contributed by atoms with van der Waals surface area (Å²) < 4.78 is 0. The van der Waals surface area contributed by atoms with E-state index in [2.05, 4.69) is 4.98 Å². The summed E-state index contributed by atoms with van der Waals surface area (Å²) >= 11 is 0. The lowest BCUT2D eigenvalue weighted by molar-refractivity contribution is -0.228. The lowest BCUT2D eigenvalue weighted by Crippen LogP contribution is -2.44. The number of aromatic nitrogens is 1. The van der Waals surface area contributed by atoms with Crippen LogP contribution in [0.15, 0.2) is 24.5 Å². The van der Waals surface area contributed by atoms with Crippen LogP contribution in [0, 0.1) is 0 Å². The summed E-state index contributed by atoms with van der Waals surface area (Å²) in [5, 5.41) is 18.7. The third kappa shape index (κ3) is 1.70. The molecule has 1 aromatic heterocycles. The Hall–Kier alpha value is -0.970. The van der Waals surface area contributed by atoms with E-state index in [0.717, 1.165) is 12.0 Å². The Morgan fingerprint density at radius 2 is 1.92 bits per heavy atom. The Morgan fingerprint density at radius 1 is 1.31 bits per heavy atom. The lowest BCUT2D eigenvalue weighted by atomic mass is 9.74. The van der Waals surface area contributed by atoms with Crippen molar-refractivity contribution in [1.82, 2.24) is 11.1 Å². The van der Waals surface area contributed by atoms with Crippen molar-refractivity contribution in [2.24, 2.45) is 0 Å². The van der Waals surface area contributed by atoms with Crippen LogP contribution in [-0.2, 0) is 0 Å². The second-order valence-electron chi connectivity index (χ2n) is 3.25. The van der Waals surface area contributed by atoms with Crippen LogP contribution in [0.5, 0.6) is 0 Å². The number of hydrogen-bond acceptors (Lipinski definition) is 4. The van der Waals surface area contributed by atoms with Crippen molar-refractivity contribution in [3.8, 4) is 0 Å². The number of rotatable bonds is 1. The normalized spacial score (nSPS) is 24.3. The average molecular weight is 182 g/mol. The molecule has 1 unspecified atom stereocenters. The molecule has 1 aliphatic rings. The largest absolute Gasteiger partial charge is 0.365 e. The van der Waals surface area contributed by atoms with Gasteiger partial charge >= 0.3 is 0 Å². The fourth-order valence-electron chi connectivity index (χ4n) is 1.58. The molecule has 2 rings (SSSR count). The van der Waals surface area contributed by atoms with Crippen molar-refractivity contribution < 1.29 is 10.2 Å². The molecular formula is C9H14N2O2. The maximum Gasteiger partial charge on any atom is 0.169 e. The van der Waals surface area contributed by atoms with Crippen molar-refractivity contribution in [2.75, 3.05) is 0 Å². The van der Waals surface area contributed by atoms with Gasteiger partial charge in [-0.3, -0.25) is 4.98 Å². The first kappa shape index (κ1) is 10.1. The predicted octanol–water partition coefficient (Wildman–Crippen LogP) is 0.802. The highest BCUT2D eigenvalue weighted by atomic mass is 16.5. The van der Waals surface area contributed by atoms with Crippen LogP contribution in [0.4, 0.5) is 0 Å². The standard InChI is InChI=1S/C9H11NO2.H3N/c11-9(12)4-1-8(9)7-2-5-10-6-3-7;/h2-3,5-6,8,11-12H,1,4H2;1H3. The molecule has 4 heteroatoms. The van der Waals surface area contributed by atoms with Gasteiger partial charge in [0.1, 0.15) is 0 Å². The van der Waals surface area contributed by atoms with Gasteiger partial charge in [0, 0.05) is 24.7 Å². The van der Waals surface area contributed by atoms with E-state index < -0.39 is 5.79 Å². The van der Waals surface area contributed by atoms with E-state index in [9.17, 15) is 10.2 Å². The molecule has 5 N–H and O–H groups in total. The van der Waals surface area contributed by atoms with Crippen LogP contribution in [-0.4, -0.2) is 21.0 Å². The van der Waals surface area contributed by atoms with E-state index in [1.165, 1.54) is 0 Å². The average Bonchev–Trinajstić information content (AvgIpc) is 2.05. The molecule has 1 atom stereocenters. The highest BCUT2D eigenvalue weighted by Crippen LogP contribution is 2.43. The predicted molar refractivity (Wildman–Crippen MR) is 48.4 cm³/mol. The summed E-state index contributed by atoms with van der Waals surface area (Å²) in [6.45, 7) is 0. The summed E-state index contributed by atoms with van der Waals surface area (Å²) in [4.78, 5) is 3.87. The van der Waals surface area contributed by atoms with Crippen molar-refractivity contribution in [3.63, 3.8) is 0 Å². The molecule has 0 aromatic carbocycles. The van der Waals surface area contributed by atoms with E-state index in [1.54, 1.807) is 12.4 Å². The first-order valence-corrected chi connectivity index (χ1v) is 4.05. The summed E-state index contributed by atoms with van der Waals surface area (Å²) in [5.74, 6) is -1.61. The van der Waals surface area contributed by atoms with Crippen LogP contribution in [0.1, 0.15) is 24.3 Å². The number of hydrogen-bond donors (Lipinski definition) is 3. The molecule has 0 spiro atoms. The highest BCUT2D eigenvalue weighted by Gasteiger charge is 2.44. The Kier molecular flexibility index (Phi) is 2.66. The zero-order chi connectivity index (χ0) is 8.60. The molecule has 0 saturated heterocycles. The van der Waals surface area contributed by atoms with E-state index in [0.29, 0.717) is 6.42 Å². The molecule has 0 amide bonds. The molecule has 1 fully saturated rings. The molecule has 13 heavy (non-hydrogen) atoms. The molecule has 1 aliphatic carbocycles. The highest BCUT2D eigenvalue weighted by molar-refractivity contribution is 5.21. The Balaban J connectivity index is 0.000000845. The maximum atomic E-state index is 9.36. The van der Waals surface area contributed by atoms with Gasteiger partial charge in [-0.2, -0.15) is 0 Å². The Labute approximate surface area is 76.8 Å². The molecule has 0 radical (unpaired) electrons. The monoisotopic (exact) mass is 182 g/mol. The zero-order valence-electron chi connectivity index (χ0n) is 7.35. The second kappa shape index (κ2) is 3.41. The SMILES string of the molecule is N.OC1(O)CCC1c1ccncc1. The van der Waals surface area contributed by atoms with E-state index in [-0.39, 0.29) is 12.1 Å². The minimum Gasteiger partial charge on any atom is -0.365 e. The summed E-state index contributed by atoms with van der Waals surface area (Å²) in [5.41, 5.74) is 0.959. The van der Waals surface area contributed by atoms with Crippen molar-refractivity contribution >= 4 is 0 Å². The molecule has 4 nitrogen and oxygen atoms in total. The first-order valence-electron chi connectivity index (χ1n) is 4.05. The minimum atomic E-state index is -1.48. The lowest BCUT2D eigenvalue weighted by Gasteiger charge is -2.40. The van der Waals surface area contributed by atoms with Gasteiger partial charge in [-0.15, -0.1) is 0 Å². The van der Waals surface area contributed by atoms with Gasteiger partial charge in [-0.25, -0.2) is 0 Å². The van der Waals surface area contributed by atoms with Crippen molar-refractivity contribution in [2.45, 2.75) is 24.5 Å². The summed E-state index contributed by atoms with van der Waals surface area (Å²) in [6.07, 6.45) is 4.66. The van der Waals surface area contributed by atoms with Crippen LogP contribution >= 0.6 is 0 Å². The number of pyridine rings is 1. The van der Waals surface area contributed by atoms with Gasteiger partial charge in [0.05, 0.1) is 0 Å². The third-order valence-electron chi connectivity index (χ3n) is 2.47. The molecular weight excluding hydrogens is 168 g/mol. The van der Waals surface area contributed by atoms with Crippen LogP contribution in [0.25, 0.3) is 0 Å². The van der Waals surface area contributed by atoms with Gasteiger partial charge in [-0.05, 0) is 24.1 Å². The van der Waals surface area contributed by atoms with E-state index in [1.807, 2.05) is 12.1 Å². The van der Waals surface area contributed by atoms with Crippen LogP contribution in [0.2, 0.25) is 0 Å². The van der Waals surface area contributed by atoms with E-state index in [4.69, 9.17) is 0 Å². The van der Waals surface area contributed by atoms with Crippen LogP contribution < -0.4 is 6.15 Å². The third-order valence-corrected chi connectivity index (χ3v) is 2.47. The Bertz CT molecular complexity index is 274. The first-order chi connectivity index (χ1) is 5.70. The minimum absolute atomic E-state index is 0. The van der Waals surface area contributed by atoms with Gasteiger partial charge in [0.25, 0.3) is 0 Å². The molecule has 72 valence electrons. The molecule has 1 saturated carbocycles. The zero-order valence-corrected chi connectivity index (χ0v) is 7.35. The van der Waals surface area contributed by atoms with Crippen molar-refractivity contribution in [1.29, 1.82) is 0 Å². The molecule has 0 aliphatic heterocycles. The second-order valence-corrected chi connectivity index (χ2v) is 3.25. The van der Waals surface area contributed by atoms with Gasteiger partial charge in [0.15, 0.2) is 5.79 Å². The van der Waals surface area contributed by atoms with E-state index >= 15 is 0 Å². The Morgan fingerprint density at radius 3 is 2.31 bits per heavy atom. The van der Waals surface area contributed by atoms with Gasteiger partial charge < -0.3 is 16.4 Å². The fourth-order valence-corrected chi connectivity index (χ4v) is 1.58. The number of nitrogens with zero attached hydrogens (tertiary/aromatic N) is 1. The van der Waals surface area contributed by atoms with Gasteiger partial charge in [-0.1, -0.05) is 0 Å². The van der Waals surface area contributed by atoms with Crippen LogP contribution in [0.3, 0.4) is 0 Å². The fraction of sp³-hybridized carbons (Fsp3) is 0.444. The summed E-state index contributed by atoms with van der Waals surface area (Å²) in [7, 11) is 0. The van der Waals surface area contributed by atoms with Gasteiger partial charge in [0.2, 0.25) is 0 Å². The quantitative estimate of drug-likeness (QED) is 0.560. The summed E-state index contributed by atoms with van der Waals surface area (Å²) in [6, 6.07) is 3.65. The number of aliphatic hydroxyl groups is 2. The topological polar surface area (TPSA) is 88.4 Å².